The minimum absolute atomic E-state index is 0.0412. The van der Waals surface area contributed by atoms with Crippen LogP contribution in [0.4, 0.5) is 5.69 Å². The van der Waals surface area contributed by atoms with Gasteiger partial charge < -0.3 is 10.2 Å². The number of rotatable bonds is 5. The number of halogens is 1. The van der Waals surface area contributed by atoms with Gasteiger partial charge in [0, 0.05) is 10.6 Å². The van der Waals surface area contributed by atoms with Crippen molar-refractivity contribution in [2.24, 2.45) is 0 Å². The van der Waals surface area contributed by atoms with Crippen molar-refractivity contribution in [1.82, 2.24) is 5.32 Å². The van der Waals surface area contributed by atoms with E-state index in [-0.39, 0.29) is 45.1 Å². The fraction of sp³-hybridized carbons (Fsp3) is 0.103. The van der Waals surface area contributed by atoms with E-state index in [1.165, 1.54) is 35.2 Å². The van der Waals surface area contributed by atoms with Crippen molar-refractivity contribution in [3.8, 4) is 0 Å². The van der Waals surface area contributed by atoms with Crippen LogP contribution in [0.15, 0.2) is 107 Å². The van der Waals surface area contributed by atoms with Gasteiger partial charge in [-0.2, -0.15) is 0 Å². The number of nitrogens with zero attached hydrogens (tertiary/aromatic N) is 1. The maximum absolute atomic E-state index is 13.7. The SMILES string of the molecule is C[C@@H](NC(=O)c1ccc2c(c1)N(Cc1cccc(Cl)c1)C(=O)c1ccccc1S2(=O)=O)c1ccccc1. The van der Waals surface area contributed by atoms with E-state index in [1.54, 1.807) is 30.3 Å². The van der Waals surface area contributed by atoms with Gasteiger partial charge in [-0.1, -0.05) is 66.2 Å². The Balaban J connectivity index is 1.61. The normalized spacial score (nSPS) is 14.8. The minimum Gasteiger partial charge on any atom is -0.346 e. The summed E-state index contributed by atoms with van der Waals surface area (Å²) in [6.07, 6.45) is 0. The molecule has 0 aliphatic carbocycles. The number of hydrogen-bond donors (Lipinski definition) is 1. The Morgan fingerprint density at radius 3 is 2.38 bits per heavy atom. The molecule has 4 aromatic rings. The molecule has 0 radical (unpaired) electrons. The van der Waals surface area contributed by atoms with Gasteiger partial charge in [-0.25, -0.2) is 8.42 Å². The number of anilines is 1. The number of benzene rings is 4. The number of carbonyl (C=O) groups excluding carboxylic acids is 2. The van der Waals surface area contributed by atoms with Gasteiger partial charge in [-0.05, 0) is 60.5 Å². The Hall–Kier alpha value is -3.94. The van der Waals surface area contributed by atoms with Crippen molar-refractivity contribution in [2.45, 2.75) is 29.3 Å². The fourth-order valence-corrected chi connectivity index (χ4v) is 6.27. The van der Waals surface area contributed by atoms with Gasteiger partial charge in [-0.3, -0.25) is 9.59 Å². The molecule has 0 bridgehead atoms. The van der Waals surface area contributed by atoms with E-state index in [1.807, 2.05) is 43.3 Å². The highest BCUT2D eigenvalue weighted by molar-refractivity contribution is 7.91. The van der Waals surface area contributed by atoms with E-state index in [9.17, 15) is 18.0 Å². The molecule has 186 valence electrons. The van der Waals surface area contributed by atoms with Crippen molar-refractivity contribution in [1.29, 1.82) is 0 Å². The Morgan fingerprint density at radius 1 is 0.892 bits per heavy atom. The molecule has 1 aliphatic heterocycles. The quantitative estimate of drug-likeness (QED) is 0.352. The molecule has 8 heteroatoms. The van der Waals surface area contributed by atoms with Gasteiger partial charge in [0.2, 0.25) is 9.84 Å². The van der Waals surface area contributed by atoms with Crippen molar-refractivity contribution >= 4 is 38.9 Å². The second-order valence-corrected chi connectivity index (χ2v) is 11.1. The first kappa shape index (κ1) is 24.7. The van der Waals surface area contributed by atoms with Gasteiger partial charge in [0.1, 0.15) is 0 Å². The summed E-state index contributed by atoms with van der Waals surface area (Å²) in [5.41, 5.74) is 2.11. The highest BCUT2D eigenvalue weighted by Gasteiger charge is 2.36. The third kappa shape index (κ3) is 4.75. The number of nitrogens with one attached hydrogen (secondary N) is 1. The monoisotopic (exact) mass is 530 g/mol. The van der Waals surface area contributed by atoms with Gasteiger partial charge in [0.05, 0.1) is 33.6 Å². The Kier molecular flexibility index (Phi) is 6.58. The molecule has 2 amide bonds. The van der Waals surface area contributed by atoms with E-state index in [2.05, 4.69) is 5.32 Å². The number of sulfone groups is 1. The molecule has 1 heterocycles. The lowest BCUT2D eigenvalue weighted by atomic mass is 10.1. The summed E-state index contributed by atoms with van der Waals surface area (Å²) < 4.78 is 27.3. The Bertz CT molecular complexity index is 1620. The Labute approximate surface area is 220 Å². The van der Waals surface area contributed by atoms with Crippen LogP contribution in [-0.4, -0.2) is 20.2 Å². The molecule has 1 aliphatic rings. The molecule has 0 spiro atoms. The fourth-order valence-electron chi connectivity index (χ4n) is 4.43. The van der Waals surface area contributed by atoms with E-state index in [0.717, 1.165) is 11.1 Å². The summed E-state index contributed by atoms with van der Waals surface area (Å²) in [5, 5.41) is 3.44. The zero-order chi connectivity index (χ0) is 26.2. The summed E-state index contributed by atoms with van der Waals surface area (Å²) in [6, 6.07) is 26.7. The average Bonchev–Trinajstić information content (AvgIpc) is 2.97. The molecule has 6 nitrogen and oxygen atoms in total. The topological polar surface area (TPSA) is 83.6 Å². The molecule has 0 aromatic heterocycles. The molecule has 0 saturated heterocycles. The largest absolute Gasteiger partial charge is 0.346 e. The smallest absolute Gasteiger partial charge is 0.259 e. The molecule has 37 heavy (non-hydrogen) atoms. The van der Waals surface area contributed by atoms with Crippen molar-refractivity contribution in [3.63, 3.8) is 0 Å². The van der Waals surface area contributed by atoms with Crippen molar-refractivity contribution in [3.05, 3.63) is 124 Å². The summed E-state index contributed by atoms with van der Waals surface area (Å²) >= 11 is 6.17. The van der Waals surface area contributed by atoms with Crippen LogP contribution in [0.2, 0.25) is 5.02 Å². The van der Waals surface area contributed by atoms with Crippen LogP contribution >= 0.6 is 11.6 Å². The lowest BCUT2D eigenvalue weighted by Gasteiger charge is -2.24. The molecule has 0 saturated carbocycles. The van der Waals surface area contributed by atoms with Crippen LogP contribution < -0.4 is 10.2 Å². The predicted molar refractivity (Wildman–Crippen MR) is 143 cm³/mol. The highest BCUT2D eigenvalue weighted by Crippen LogP contribution is 2.38. The third-order valence-corrected chi connectivity index (χ3v) is 8.42. The standard InChI is InChI=1S/C29H23ClN2O4S/c1-19(21-9-3-2-4-10-21)31-28(33)22-14-15-27-25(17-22)32(18-20-8-7-11-23(30)16-20)29(34)24-12-5-6-13-26(24)37(27,35)36/h2-17,19H,18H2,1H3,(H,31,33)/t19-/m1/s1. The first-order chi connectivity index (χ1) is 17.8. The first-order valence-corrected chi connectivity index (χ1v) is 13.5. The van der Waals surface area contributed by atoms with Gasteiger partial charge >= 0.3 is 0 Å². The second kappa shape index (κ2) is 9.84. The number of fused-ring (bicyclic) bond motifs is 2. The molecular weight excluding hydrogens is 508 g/mol. The number of hydrogen-bond acceptors (Lipinski definition) is 4. The van der Waals surface area contributed by atoms with Gasteiger partial charge in [0.15, 0.2) is 0 Å². The Morgan fingerprint density at radius 2 is 1.62 bits per heavy atom. The maximum atomic E-state index is 13.7. The summed E-state index contributed by atoms with van der Waals surface area (Å²) in [7, 11) is -4.03. The zero-order valence-corrected chi connectivity index (χ0v) is 21.5. The number of carbonyl (C=O) groups is 2. The third-order valence-electron chi connectivity index (χ3n) is 6.33. The van der Waals surface area contributed by atoms with Crippen LogP contribution in [0.25, 0.3) is 0 Å². The van der Waals surface area contributed by atoms with Crippen molar-refractivity contribution < 1.29 is 18.0 Å². The molecule has 1 atom stereocenters. The summed E-state index contributed by atoms with van der Waals surface area (Å²) in [6.45, 7) is 1.94. The second-order valence-electron chi connectivity index (χ2n) is 8.81. The molecule has 5 rings (SSSR count). The van der Waals surface area contributed by atoms with E-state index >= 15 is 0 Å². The maximum Gasteiger partial charge on any atom is 0.259 e. The zero-order valence-electron chi connectivity index (χ0n) is 19.9. The van der Waals surface area contributed by atoms with Crippen LogP contribution in [0, 0.1) is 0 Å². The predicted octanol–water partition coefficient (Wildman–Crippen LogP) is 5.82. The summed E-state index contributed by atoms with van der Waals surface area (Å²) in [5.74, 6) is -0.860. The molecule has 0 fully saturated rings. The lowest BCUT2D eigenvalue weighted by molar-refractivity contribution is 0.0937. The van der Waals surface area contributed by atoms with Crippen LogP contribution in [0.1, 0.15) is 44.8 Å². The number of amides is 2. The van der Waals surface area contributed by atoms with Crippen LogP contribution in [0.3, 0.4) is 0 Å². The van der Waals surface area contributed by atoms with E-state index in [4.69, 9.17) is 11.6 Å². The first-order valence-electron chi connectivity index (χ1n) is 11.7. The molecule has 0 unspecified atom stereocenters. The van der Waals surface area contributed by atoms with Crippen LogP contribution in [-0.2, 0) is 16.4 Å². The van der Waals surface area contributed by atoms with Crippen molar-refractivity contribution in [2.75, 3.05) is 4.90 Å². The van der Waals surface area contributed by atoms with Gasteiger partial charge in [-0.15, -0.1) is 0 Å². The highest BCUT2D eigenvalue weighted by atomic mass is 35.5. The minimum atomic E-state index is -4.03. The van der Waals surface area contributed by atoms with Crippen LogP contribution in [0.5, 0.6) is 0 Å². The van der Waals surface area contributed by atoms with E-state index in [0.29, 0.717) is 5.02 Å². The lowest BCUT2D eigenvalue weighted by Crippen LogP contribution is -2.31. The molecular formula is C29H23ClN2O4S. The molecule has 4 aromatic carbocycles. The van der Waals surface area contributed by atoms with E-state index < -0.39 is 15.7 Å². The van der Waals surface area contributed by atoms with Gasteiger partial charge in [0.25, 0.3) is 11.8 Å². The average molecular weight is 531 g/mol. The molecule has 1 N–H and O–H groups in total. The summed E-state index contributed by atoms with van der Waals surface area (Å²) in [4.78, 5) is 28.2.